The summed E-state index contributed by atoms with van der Waals surface area (Å²) in [6.07, 6.45) is 1.58. The van der Waals surface area contributed by atoms with Crippen LogP contribution in [0.5, 0.6) is 5.75 Å². The number of benzene rings is 2. The lowest BCUT2D eigenvalue weighted by Gasteiger charge is -2.28. The molecule has 1 aliphatic rings. The molecule has 29 heavy (non-hydrogen) atoms. The summed E-state index contributed by atoms with van der Waals surface area (Å²) >= 11 is 6.88. The quantitative estimate of drug-likeness (QED) is 0.522. The standard InChI is InChI=1S/C20H19Br2NO5S/c1-12-4-6-14(7-5-12)29(25,26)23-9-8-15(20(24)28-3)18(23)16-10-13(21)11-17(22)19(16)27-2/h4-8,10-11,18H,9H2,1-3H3. The molecule has 0 aromatic heterocycles. The van der Waals surface area contributed by atoms with Crippen molar-refractivity contribution in [3.63, 3.8) is 0 Å². The van der Waals surface area contributed by atoms with Crippen LogP contribution in [-0.2, 0) is 19.6 Å². The SMILES string of the molecule is COC(=O)C1=CCN(S(=O)(=O)c2ccc(C)cc2)C1c1cc(Br)cc(Br)c1OC. The number of halogens is 2. The first-order chi connectivity index (χ1) is 13.7. The predicted octanol–water partition coefficient (Wildman–Crippen LogP) is 4.37. The number of aryl methyl sites for hydroxylation is 1. The molecule has 0 spiro atoms. The number of sulfonamides is 1. The molecule has 1 heterocycles. The molecule has 1 unspecified atom stereocenters. The van der Waals surface area contributed by atoms with E-state index in [1.165, 1.54) is 18.5 Å². The molecule has 0 radical (unpaired) electrons. The van der Waals surface area contributed by atoms with E-state index in [2.05, 4.69) is 31.9 Å². The number of nitrogens with zero attached hydrogens (tertiary/aromatic N) is 1. The molecule has 2 aromatic rings. The van der Waals surface area contributed by atoms with Crippen LogP contribution < -0.4 is 4.74 Å². The monoisotopic (exact) mass is 543 g/mol. The number of carbonyl (C=O) groups excluding carboxylic acids is 1. The molecule has 1 atom stereocenters. The van der Waals surface area contributed by atoms with Crippen LogP contribution in [0.1, 0.15) is 17.2 Å². The zero-order valence-electron chi connectivity index (χ0n) is 16.0. The van der Waals surface area contributed by atoms with E-state index in [1.807, 2.05) is 6.92 Å². The highest BCUT2D eigenvalue weighted by Gasteiger charge is 2.42. The summed E-state index contributed by atoms with van der Waals surface area (Å²) < 4.78 is 39.9. The van der Waals surface area contributed by atoms with Crippen LogP contribution in [0.4, 0.5) is 0 Å². The largest absolute Gasteiger partial charge is 0.495 e. The third-order valence-electron chi connectivity index (χ3n) is 4.66. The van der Waals surface area contributed by atoms with Gasteiger partial charge in [-0.1, -0.05) is 39.7 Å². The van der Waals surface area contributed by atoms with Gasteiger partial charge in [-0.15, -0.1) is 0 Å². The summed E-state index contributed by atoms with van der Waals surface area (Å²) in [5.41, 5.74) is 1.72. The molecule has 0 fully saturated rings. The Morgan fingerprint density at radius 2 is 1.79 bits per heavy atom. The van der Waals surface area contributed by atoms with E-state index in [0.29, 0.717) is 20.3 Å². The van der Waals surface area contributed by atoms with Crippen molar-refractivity contribution in [2.75, 3.05) is 20.8 Å². The lowest BCUT2D eigenvalue weighted by Crippen LogP contribution is -2.33. The van der Waals surface area contributed by atoms with Gasteiger partial charge in [-0.25, -0.2) is 13.2 Å². The Bertz CT molecular complexity index is 1080. The summed E-state index contributed by atoms with van der Waals surface area (Å²) in [4.78, 5) is 12.6. The third-order valence-corrected chi connectivity index (χ3v) is 7.55. The molecule has 0 saturated carbocycles. The summed E-state index contributed by atoms with van der Waals surface area (Å²) in [6, 6.07) is 9.24. The van der Waals surface area contributed by atoms with Crippen molar-refractivity contribution in [3.8, 4) is 5.75 Å². The number of hydrogen-bond acceptors (Lipinski definition) is 5. The molecule has 0 N–H and O–H groups in total. The van der Waals surface area contributed by atoms with Gasteiger partial charge in [0.1, 0.15) is 5.75 Å². The van der Waals surface area contributed by atoms with Crippen LogP contribution in [0.2, 0.25) is 0 Å². The Labute approximate surface area is 186 Å². The molecule has 0 amide bonds. The maximum absolute atomic E-state index is 13.4. The van der Waals surface area contributed by atoms with Crippen LogP contribution in [-0.4, -0.2) is 39.5 Å². The van der Waals surface area contributed by atoms with Gasteiger partial charge in [0.15, 0.2) is 0 Å². The first-order valence-electron chi connectivity index (χ1n) is 8.60. The molecular formula is C20H19Br2NO5S. The number of esters is 1. The van der Waals surface area contributed by atoms with Crippen LogP contribution in [0.15, 0.2) is 61.9 Å². The van der Waals surface area contributed by atoms with Gasteiger partial charge in [-0.05, 0) is 47.1 Å². The highest BCUT2D eigenvalue weighted by Crippen LogP contribution is 2.45. The average Bonchev–Trinajstić information content (AvgIpc) is 3.13. The van der Waals surface area contributed by atoms with Gasteiger partial charge in [-0.2, -0.15) is 4.31 Å². The zero-order valence-corrected chi connectivity index (χ0v) is 20.0. The van der Waals surface area contributed by atoms with Crippen molar-refractivity contribution in [3.05, 3.63) is 68.1 Å². The number of rotatable bonds is 5. The predicted molar refractivity (Wildman–Crippen MR) is 116 cm³/mol. The molecule has 3 rings (SSSR count). The molecule has 0 bridgehead atoms. The van der Waals surface area contributed by atoms with Gasteiger partial charge in [0.25, 0.3) is 0 Å². The fraction of sp³-hybridized carbons (Fsp3) is 0.250. The van der Waals surface area contributed by atoms with Crippen molar-refractivity contribution in [2.24, 2.45) is 0 Å². The molecule has 9 heteroatoms. The molecule has 154 valence electrons. The second-order valence-electron chi connectivity index (χ2n) is 6.45. The van der Waals surface area contributed by atoms with Gasteiger partial charge in [-0.3, -0.25) is 0 Å². The van der Waals surface area contributed by atoms with Gasteiger partial charge in [0.05, 0.1) is 35.2 Å². The average molecular weight is 545 g/mol. The number of ether oxygens (including phenoxy) is 2. The molecular weight excluding hydrogens is 526 g/mol. The minimum atomic E-state index is -3.89. The summed E-state index contributed by atoms with van der Waals surface area (Å²) in [5.74, 6) is -0.145. The first-order valence-corrected chi connectivity index (χ1v) is 11.6. The first kappa shape index (κ1) is 22.0. The summed E-state index contributed by atoms with van der Waals surface area (Å²) in [7, 11) is -1.13. The highest BCUT2D eigenvalue weighted by atomic mass is 79.9. The minimum absolute atomic E-state index is 0.0403. The molecule has 6 nitrogen and oxygen atoms in total. The maximum Gasteiger partial charge on any atom is 0.335 e. The molecule has 0 saturated heterocycles. The van der Waals surface area contributed by atoms with E-state index in [4.69, 9.17) is 9.47 Å². The van der Waals surface area contributed by atoms with E-state index < -0.39 is 22.0 Å². The summed E-state index contributed by atoms with van der Waals surface area (Å²) in [5, 5.41) is 0. The van der Waals surface area contributed by atoms with Crippen molar-refractivity contribution in [2.45, 2.75) is 17.9 Å². The number of carbonyl (C=O) groups is 1. The third kappa shape index (κ3) is 4.14. The van der Waals surface area contributed by atoms with E-state index in [1.54, 1.807) is 42.5 Å². The van der Waals surface area contributed by atoms with Gasteiger partial charge in [0, 0.05) is 16.6 Å². The van der Waals surface area contributed by atoms with Gasteiger partial charge in [0.2, 0.25) is 10.0 Å². The Morgan fingerprint density at radius 1 is 1.14 bits per heavy atom. The minimum Gasteiger partial charge on any atom is -0.495 e. The number of methoxy groups -OCH3 is 2. The lowest BCUT2D eigenvalue weighted by molar-refractivity contribution is -0.136. The fourth-order valence-electron chi connectivity index (χ4n) is 3.28. The Morgan fingerprint density at radius 3 is 2.38 bits per heavy atom. The second-order valence-corrected chi connectivity index (χ2v) is 10.1. The second kappa shape index (κ2) is 8.59. The molecule has 2 aromatic carbocycles. The van der Waals surface area contributed by atoms with Crippen molar-refractivity contribution < 1.29 is 22.7 Å². The van der Waals surface area contributed by atoms with Crippen LogP contribution in [0.25, 0.3) is 0 Å². The topological polar surface area (TPSA) is 72.9 Å². The fourth-order valence-corrected chi connectivity index (χ4v) is 6.22. The van der Waals surface area contributed by atoms with Gasteiger partial charge >= 0.3 is 5.97 Å². The zero-order chi connectivity index (χ0) is 21.3. The van der Waals surface area contributed by atoms with Crippen molar-refractivity contribution in [1.29, 1.82) is 0 Å². The van der Waals surface area contributed by atoms with Crippen LogP contribution >= 0.6 is 31.9 Å². The number of hydrogen-bond donors (Lipinski definition) is 0. The van der Waals surface area contributed by atoms with E-state index >= 15 is 0 Å². The maximum atomic E-state index is 13.4. The van der Waals surface area contributed by atoms with Gasteiger partial charge < -0.3 is 9.47 Å². The van der Waals surface area contributed by atoms with Crippen LogP contribution in [0, 0.1) is 6.92 Å². The van der Waals surface area contributed by atoms with Crippen molar-refractivity contribution >= 4 is 47.9 Å². The Hall–Kier alpha value is -1.68. The van der Waals surface area contributed by atoms with Crippen molar-refractivity contribution in [1.82, 2.24) is 4.31 Å². The molecule has 0 aliphatic carbocycles. The van der Waals surface area contributed by atoms with E-state index in [0.717, 1.165) is 5.56 Å². The van der Waals surface area contributed by atoms with E-state index in [9.17, 15) is 13.2 Å². The smallest absolute Gasteiger partial charge is 0.335 e. The Balaban J connectivity index is 2.19. The van der Waals surface area contributed by atoms with E-state index in [-0.39, 0.29) is 17.0 Å². The molecule has 1 aliphatic heterocycles. The van der Waals surface area contributed by atoms with Crippen LogP contribution in [0.3, 0.4) is 0 Å². The normalized spacial score (nSPS) is 17.1. The lowest BCUT2D eigenvalue weighted by atomic mass is 10.00. The summed E-state index contributed by atoms with van der Waals surface area (Å²) in [6.45, 7) is 1.93. The highest BCUT2D eigenvalue weighted by molar-refractivity contribution is 9.11. The Kier molecular flexibility index (Phi) is 6.52.